The molecule has 0 radical (unpaired) electrons. The number of anilines is 2. The standard InChI is InChI=1S/C35H47FN6O2/c1-6-31(14-19-39-35(44)34-26(3)13-18-38-27(34)4)41-20-15-33(16-21-41)42(24-25(2)22-29(23-37)8-7-17-36)32-11-9-30(10-12-32)40-28(5)43/h7-13,17,22,31,33,38H,6,14-16,18-21,24H2,1-5H3,(H,39,44)(H,40,43)/p+1/b17-7+,25-22+,29-8+. The Kier molecular flexibility index (Phi) is 13.6. The van der Waals surface area contributed by atoms with Gasteiger partial charge in [0.25, 0.3) is 5.91 Å². The van der Waals surface area contributed by atoms with Gasteiger partial charge in [0.05, 0.1) is 30.1 Å². The van der Waals surface area contributed by atoms with Crippen LogP contribution in [0.2, 0.25) is 0 Å². The highest BCUT2D eigenvalue weighted by Gasteiger charge is 2.28. The average Bonchev–Trinajstić information content (AvgIpc) is 3.00. The van der Waals surface area contributed by atoms with Gasteiger partial charge in [-0.3, -0.25) is 9.59 Å². The van der Waals surface area contributed by atoms with Crippen molar-refractivity contribution in [2.45, 2.75) is 72.4 Å². The molecule has 1 fully saturated rings. The van der Waals surface area contributed by atoms with Gasteiger partial charge in [-0.1, -0.05) is 12.5 Å². The topological polar surface area (TPSA) is 105 Å². The molecule has 0 aromatic heterocycles. The van der Waals surface area contributed by atoms with Gasteiger partial charge >= 0.3 is 0 Å². The molecular weight excluding hydrogens is 555 g/mol. The highest BCUT2D eigenvalue weighted by Crippen LogP contribution is 2.28. The molecule has 1 saturated heterocycles. The smallest absolute Gasteiger partial charge is 0.257 e. The highest BCUT2D eigenvalue weighted by molar-refractivity contribution is 5.98. The molecule has 1 unspecified atom stereocenters. The van der Waals surface area contributed by atoms with Gasteiger partial charge < -0.3 is 25.8 Å². The SMILES string of the molecule is CCC(CCNC(=O)C1=C(C)[NH2+]CC=C1C)N1CCC(N(C/C(C)=C/C(C#N)=C\C=C\F)c2ccc(NC(C)=O)cc2)CC1. The van der Waals surface area contributed by atoms with Crippen LogP contribution in [0.3, 0.4) is 0 Å². The number of benzene rings is 1. The van der Waals surface area contributed by atoms with E-state index in [0.717, 1.165) is 79.1 Å². The Bertz CT molecular complexity index is 1340. The van der Waals surface area contributed by atoms with Gasteiger partial charge in [0.2, 0.25) is 5.91 Å². The molecule has 0 saturated carbocycles. The lowest BCUT2D eigenvalue weighted by Crippen LogP contribution is -2.82. The van der Waals surface area contributed by atoms with Crippen molar-refractivity contribution < 1.29 is 19.3 Å². The maximum Gasteiger partial charge on any atom is 0.257 e. The van der Waals surface area contributed by atoms with Crippen LogP contribution < -0.4 is 20.9 Å². The van der Waals surface area contributed by atoms with Gasteiger partial charge in [0.15, 0.2) is 0 Å². The number of rotatable bonds is 13. The first kappa shape index (κ1) is 34.5. The molecule has 236 valence electrons. The van der Waals surface area contributed by atoms with Crippen molar-refractivity contribution in [3.05, 3.63) is 82.9 Å². The molecule has 1 aromatic carbocycles. The van der Waals surface area contributed by atoms with Gasteiger partial charge in [-0.05, 0) is 93.7 Å². The van der Waals surface area contributed by atoms with Crippen LogP contribution in [0.1, 0.15) is 60.3 Å². The lowest BCUT2D eigenvalue weighted by molar-refractivity contribution is -0.598. The second-order valence-corrected chi connectivity index (χ2v) is 11.7. The molecule has 1 aromatic rings. The fourth-order valence-corrected chi connectivity index (χ4v) is 6.14. The van der Waals surface area contributed by atoms with Gasteiger partial charge in [-0.15, -0.1) is 0 Å². The predicted molar refractivity (Wildman–Crippen MR) is 175 cm³/mol. The van der Waals surface area contributed by atoms with Gasteiger partial charge in [0.1, 0.15) is 5.70 Å². The minimum absolute atomic E-state index is 0.0134. The molecule has 4 N–H and O–H groups in total. The normalized spacial score (nSPS) is 17.7. The maximum absolute atomic E-state index is 12.9. The van der Waals surface area contributed by atoms with Crippen molar-refractivity contribution in [1.29, 1.82) is 5.26 Å². The fraction of sp³-hybridized carbons (Fsp3) is 0.457. The Labute approximate surface area is 262 Å². The Morgan fingerprint density at radius 1 is 1.20 bits per heavy atom. The van der Waals surface area contributed by atoms with Crippen molar-refractivity contribution in [2.75, 3.05) is 42.9 Å². The summed E-state index contributed by atoms with van der Waals surface area (Å²) in [5.74, 6) is -0.102. The quantitative estimate of drug-likeness (QED) is 0.220. The summed E-state index contributed by atoms with van der Waals surface area (Å²) in [5.41, 5.74) is 6.07. The number of carbonyl (C=O) groups is 2. The minimum Gasteiger partial charge on any atom is -0.364 e. The Morgan fingerprint density at radius 3 is 2.50 bits per heavy atom. The van der Waals surface area contributed by atoms with Crippen LogP contribution in [-0.2, 0) is 9.59 Å². The number of halogens is 1. The summed E-state index contributed by atoms with van der Waals surface area (Å²) < 4.78 is 12.5. The number of nitrogens with one attached hydrogen (secondary N) is 2. The monoisotopic (exact) mass is 603 g/mol. The lowest BCUT2D eigenvalue weighted by Gasteiger charge is -2.42. The van der Waals surface area contributed by atoms with Crippen LogP contribution in [0.5, 0.6) is 0 Å². The third-order valence-corrected chi connectivity index (χ3v) is 8.37. The molecular formula is C35H48FN6O2+. The summed E-state index contributed by atoms with van der Waals surface area (Å²) >= 11 is 0. The third-order valence-electron chi connectivity index (χ3n) is 8.37. The van der Waals surface area contributed by atoms with E-state index in [1.807, 2.05) is 45.0 Å². The predicted octanol–water partition coefficient (Wildman–Crippen LogP) is 4.88. The fourth-order valence-electron chi connectivity index (χ4n) is 6.14. The second kappa shape index (κ2) is 17.3. The summed E-state index contributed by atoms with van der Waals surface area (Å²) in [6.45, 7) is 13.7. The number of allylic oxidation sites excluding steroid dienone is 5. The first-order valence-electron chi connectivity index (χ1n) is 15.6. The molecule has 0 bridgehead atoms. The van der Waals surface area contributed by atoms with Gasteiger partial charge in [-0.2, -0.15) is 5.26 Å². The number of quaternary nitrogens is 1. The minimum atomic E-state index is -0.115. The number of nitrogens with two attached hydrogens (primary N) is 1. The van der Waals surface area contributed by atoms with E-state index in [-0.39, 0.29) is 17.9 Å². The molecule has 2 heterocycles. The first-order valence-corrected chi connectivity index (χ1v) is 15.6. The third kappa shape index (κ3) is 10.0. The molecule has 44 heavy (non-hydrogen) atoms. The van der Waals surface area contributed by atoms with Crippen LogP contribution in [-0.4, -0.2) is 61.5 Å². The Hall–Kier alpha value is -4.00. The van der Waals surface area contributed by atoms with Crippen molar-refractivity contribution in [1.82, 2.24) is 10.2 Å². The van der Waals surface area contributed by atoms with E-state index in [1.165, 1.54) is 19.1 Å². The highest BCUT2D eigenvalue weighted by atomic mass is 19.1. The van der Waals surface area contributed by atoms with E-state index in [4.69, 9.17) is 0 Å². The molecule has 3 rings (SSSR count). The molecule has 9 heteroatoms. The van der Waals surface area contributed by atoms with E-state index in [2.05, 4.69) is 44.8 Å². The number of nitriles is 1. The van der Waals surface area contributed by atoms with Crippen LogP contribution in [0.25, 0.3) is 0 Å². The number of carbonyl (C=O) groups excluding carboxylic acids is 2. The summed E-state index contributed by atoms with van der Waals surface area (Å²) in [7, 11) is 0. The largest absolute Gasteiger partial charge is 0.364 e. The summed E-state index contributed by atoms with van der Waals surface area (Å²) in [4.78, 5) is 29.3. The van der Waals surface area contributed by atoms with Crippen LogP contribution in [0.4, 0.5) is 15.8 Å². The van der Waals surface area contributed by atoms with E-state index < -0.39 is 0 Å². The van der Waals surface area contributed by atoms with E-state index in [9.17, 15) is 19.2 Å². The first-order chi connectivity index (χ1) is 21.2. The summed E-state index contributed by atoms with van der Waals surface area (Å²) in [6, 6.07) is 10.7. The summed E-state index contributed by atoms with van der Waals surface area (Å²) in [5, 5.41) is 17.6. The van der Waals surface area contributed by atoms with E-state index in [0.29, 0.717) is 31.0 Å². The molecule has 2 amide bonds. The van der Waals surface area contributed by atoms with Gasteiger partial charge in [0, 0.05) is 63.5 Å². The van der Waals surface area contributed by atoms with E-state index in [1.54, 1.807) is 6.08 Å². The van der Waals surface area contributed by atoms with Crippen LogP contribution in [0, 0.1) is 11.3 Å². The number of hydrogen-bond donors (Lipinski definition) is 3. The van der Waals surface area contributed by atoms with Crippen molar-refractivity contribution in [2.24, 2.45) is 0 Å². The number of piperidine rings is 1. The van der Waals surface area contributed by atoms with Crippen LogP contribution >= 0.6 is 0 Å². The van der Waals surface area contributed by atoms with E-state index >= 15 is 0 Å². The molecule has 1 atom stereocenters. The number of likely N-dealkylation sites (tertiary alicyclic amines) is 1. The number of hydrogen-bond acceptors (Lipinski definition) is 5. The number of amides is 2. The van der Waals surface area contributed by atoms with Crippen molar-refractivity contribution >= 4 is 23.2 Å². The molecule has 2 aliphatic rings. The molecule has 2 aliphatic heterocycles. The second-order valence-electron chi connectivity index (χ2n) is 11.7. The summed E-state index contributed by atoms with van der Waals surface area (Å²) in [6.07, 6.45) is 10.9. The Balaban J connectivity index is 1.67. The Morgan fingerprint density at radius 2 is 1.91 bits per heavy atom. The molecule has 8 nitrogen and oxygen atoms in total. The number of nitrogens with zero attached hydrogens (tertiary/aromatic N) is 3. The molecule has 0 aliphatic carbocycles. The lowest BCUT2D eigenvalue weighted by atomic mass is 9.97. The van der Waals surface area contributed by atoms with Crippen LogP contribution in [0.15, 0.2) is 82.9 Å². The van der Waals surface area contributed by atoms with Gasteiger partial charge in [-0.25, -0.2) is 4.39 Å². The maximum atomic E-state index is 12.9. The van der Waals surface area contributed by atoms with Crippen molar-refractivity contribution in [3.63, 3.8) is 0 Å². The average molecular weight is 604 g/mol. The zero-order valence-corrected chi connectivity index (χ0v) is 26.8. The van der Waals surface area contributed by atoms with Crippen molar-refractivity contribution in [3.8, 4) is 6.07 Å². The molecule has 0 spiro atoms. The zero-order valence-electron chi connectivity index (χ0n) is 26.8. The zero-order chi connectivity index (χ0) is 32.1.